The molecule has 0 aliphatic rings. The Bertz CT molecular complexity index is 828. The van der Waals surface area contributed by atoms with E-state index < -0.39 is 0 Å². The number of rotatable bonds is 6. The Hall–Kier alpha value is -2.53. The van der Waals surface area contributed by atoms with E-state index in [1.807, 2.05) is 30.3 Å². The van der Waals surface area contributed by atoms with E-state index in [-0.39, 0.29) is 11.9 Å². The lowest BCUT2D eigenvalue weighted by atomic mass is 10.0. The second-order valence-electron chi connectivity index (χ2n) is 5.94. The van der Waals surface area contributed by atoms with Crippen molar-refractivity contribution in [3.8, 4) is 10.6 Å². The topological polar surface area (TPSA) is 54.9 Å². The lowest BCUT2D eigenvalue weighted by molar-refractivity contribution is -0.119. The van der Waals surface area contributed by atoms with Gasteiger partial charge in [0, 0.05) is 12.5 Å². The summed E-state index contributed by atoms with van der Waals surface area (Å²) in [7, 11) is 0. The Labute approximate surface area is 151 Å². The van der Waals surface area contributed by atoms with Gasteiger partial charge in [-0.2, -0.15) is 0 Å². The monoisotopic (exact) mass is 351 g/mol. The Morgan fingerprint density at radius 1 is 1.04 bits per heavy atom. The number of aromatic nitrogens is 2. The third-order valence-electron chi connectivity index (χ3n) is 4.01. The summed E-state index contributed by atoms with van der Waals surface area (Å²) in [4.78, 5) is 11.6. The van der Waals surface area contributed by atoms with Crippen molar-refractivity contribution >= 4 is 17.2 Å². The van der Waals surface area contributed by atoms with Gasteiger partial charge in [-0.25, -0.2) is 0 Å². The molecule has 0 radical (unpaired) electrons. The second-order valence-corrected chi connectivity index (χ2v) is 6.95. The van der Waals surface area contributed by atoms with Gasteiger partial charge in [0.15, 0.2) is 0 Å². The summed E-state index contributed by atoms with van der Waals surface area (Å²) in [6.45, 7) is 3.67. The summed E-state index contributed by atoms with van der Waals surface area (Å²) < 4.78 is 0. The number of carbonyl (C=O) groups is 1. The summed E-state index contributed by atoms with van der Waals surface area (Å²) in [6.07, 6.45) is 1.72. The van der Waals surface area contributed by atoms with Crippen LogP contribution in [0.2, 0.25) is 0 Å². The number of hydrogen-bond acceptors (Lipinski definition) is 4. The van der Waals surface area contributed by atoms with Crippen LogP contribution in [0.1, 0.15) is 36.0 Å². The molecule has 0 saturated carbocycles. The molecule has 4 nitrogen and oxygen atoms in total. The Balaban J connectivity index is 1.83. The molecule has 0 bridgehead atoms. The van der Waals surface area contributed by atoms with Crippen molar-refractivity contribution in [3.05, 3.63) is 70.7 Å². The van der Waals surface area contributed by atoms with Crippen molar-refractivity contribution in [2.45, 2.75) is 32.7 Å². The zero-order valence-corrected chi connectivity index (χ0v) is 15.2. The Kier molecular flexibility index (Phi) is 5.56. The molecule has 1 N–H and O–H groups in total. The highest BCUT2D eigenvalue weighted by Gasteiger charge is 2.19. The lowest BCUT2D eigenvalue weighted by Crippen LogP contribution is -2.27. The van der Waals surface area contributed by atoms with Crippen LogP contribution in [0.15, 0.2) is 54.6 Å². The first kappa shape index (κ1) is 17.3. The molecule has 5 heteroatoms. The maximum atomic E-state index is 11.6. The first-order valence-corrected chi connectivity index (χ1v) is 9.21. The average Bonchev–Trinajstić information content (AvgIpc) is 3.12. The minimum atomic E-state index is -0.167. The summed E-state index contributed by atoms with van der Waals surface area (Å²) in [5.41, 5.74) is 3.52. The SMILES string of the molecule is CCc1ccc(CC(NC(C)=O)c2nnc(-c3ccccc3)s2)cc1. The van der Waals surface area contributed by atoms with Crippen LogP contribution < -0.4 is 5.32 Å². The first-order chi connectivity index (χ1) is 12.2. The molecule has 1 heterocycles. The predicted molar refractivity (Wildman–Crippen MR) is 101 cm³/mol. The summed E-state index contributed by atoms with van der Waals surface area (Å²) in [6, 6.07) is 18.3. The van der Waals surface area contributed by atoms with Gasteiger partial charge in [-0.3, -0.25) is 4.79 Å². The van der Waals surface area contributed by atoms with E-state index in [1.54, 1.807) is 0 Å². The largest absolute Gasteiger partial charge is 0.347 e. The standard InChI is InChI=1S/C20H21N3OS/c1-3-15-9-11-16(12-10-15)13-18(21-14(2)24)20-23-22-19(25-20)17-7-5-4-6-8-17/h4-12,18H,3,13H2,1-2H3,(H,21,24). The molecule has 0 fully saturated rings. The molecular formula is C20H21N3OS. The number of carbonyl (C=O) groups excluding carboxylic acids is 1. The van der Waals surface area contributed by atoms with Crippen LogP contribution in [0, 0.1) is 0 Å². The Morgan fingerprint density at radius 3 is 2.36 bits per heavy atom. The molecule has 1 amide bonds. The van der Waals surface area contributed by atoms with Gasteiger partial charge in [-0.05, 0) is 24.0 Å². The Morgan fingerprint density at radius 2 is 1.72 bits per heavy atom. The lowest BCUT2D eigenvalue weighted by Gasteiger charge is -2.15. The molecule has 1 unspecified atom stereocenters. The summed E-state index contributed by atoms with van der Waals surface area (Å²) in [5, 5.41) is 13.3. The van der Waals surface area contributed by atoms with Crippen molar-refractivity contribution in [2.24, 2.45) is 0 Å². The van der Waals surface area contributed by atoms with Crippen molar-refractivity contribution in [2.75, 3.05) is 0 Å². The van der Waals surface area contributed by atoms with Crippen molar-refractivity contribution < 1.29 is 4.79 Å². The van der Waals surface area contributed by atoms with Crippen LogP contribution >= 0.6 is 11.3 Å². The van der Waals surface area contributed by atoms with E-state index in [9.17, 15) is 4.79 Å². The normalized spacial score (nSPS) is 11.9. The van der Waals surface area contributed by atoms with E-state index in [0.717, 1.165) is 22.0 Å². The molecule has 0 saturated heterocycles. The number of hydrogen-bond donors (Lipinski definition) is 1. The van der Waals surface area contributed by atoms with Gasteiger partial charge in [0.1, 0.15) is 10.0 Å². The van der Waals surface area contributed by atoms with Crippen LogP contribution in [0.3, 0.4) is 0 Å². The number of nitrogens with one attached hydrogen (secondary N) is 1. The molecule has 0 aliphatic carbocycles. The van der Waals surface area contributed by atoms with Gasteiger partial charge >= 0.3 is 0 Å². The van der Waals surface area contributed by atoms with E-state index in [2.05, 4.69) is 46.7 Å². The van der Waals surface area contributed by atoms with E-state index in [4.69, 9.17) is 0 Å². The van der Waals surface area contributed by atoms with Gasteiger partial charge < -0.3 is 5.32 Å². The van der Waals surface area contributed by atoms with Crippen LogP contribution in [-0.2, 0) is 17.6 Å². The molecule has 1 aromatic heterocycles. The molecule has 0 aliphatic heterocycles. The van der Waals surface area contributed by atoms with Crippen molar-refractivity contribution in [1.29, 1.82) is 0 Å². The molecular weight excluding hydrogens is 330 g/mol. The van der Waals surface area contributed by atoms with Gasteiger partial charge in [0.05, 0.1) is 6.04 Å². The molecule has 0 spiro atoms. The molecule has 2 aromatic carbocycles. The van der Waals surface area contributed by atoms with Crippen LogP contribution in [-0.4, -0.2) is 16.1 Å². The third-order valence-corrected chi connectivity index (χ3v) is 5.09. The zero-order chi connectivity index (χ0) is 17.6. The van der Waals surface area contributed by atoms with Gasteiger partial charge in [0.25, 0.3) is 0 Å². The first-order valence-electron chi connectivity index (χ1n) is 8.39. The van der Waals surface area contributed by atoms with Crippen molar-refractivity contribution in [3.63, 3.8) is 0 Å². The maximum Gasteiger partial charge on any atom is 0.217 e. The quantitative estimate of drug-likeness (QED) is 0.724. The second kappa shape index (κ2) is 8.03. The number of amides is 1. The number of nitrogens with zero attached hydrogens (tertiary/aromatic N) is 2. The van der Waals surface area contributed by atoms with Gasteiger partial charge in [-0.1, -0.05) is 72.9 Å². The fraction of sp³-hybridized carbons (Fsp3) is 0.250. The van der Waals surface area contributed by atoms with E-state index >= 15 is 0 Å². The minimum absolute atomic E-state index is 0.0633. The van der Waals surface area contributed by atoms with E-state index in [0.29, 0.717) is 6.42 Å². The minimum Gasteiger partial charge on any atom is -0.347 e. The average molecular weight is 351 g/mol. The molecule has 3 rings (SSSR count). The smallest absolute Gasteiger partial charge is 0.217 e. The maximum absolute atomic E-state index is 11.6. The number of aryl methyl sites for hydroxylation is 1. The molecule has 128 valence electrons. The van der Waals surface area contributed by atoms with Gasteiger partial charge in [0.2, 0.25) is 5.91 Å². The van der Waals surface area contributed by atoms with E-state index in [1.165, 1.54) is 29.4 Å². The zero-order valence-electron chi connectivity index (χ0n) is 14.4. The molecule has 3 aromatic rings. The fourth-order valence-corrected chi connectivity index (χ4v) is 3.56. The summed E-state index contributed by atoms with van der Waals surface area (Å²) in [5.74, 6) is -0.0633. The highest BCUT2D eigenvalue weighted by molar-refractivity contribution is 7.14. The third kappa shape index (κ3) is 4.51. The number of benzene rings is 2. The fourth-order valence-electron chi connectivity index (χ4n) is 2.66. The van der Waals surface area contributed by atoms with Gasteiger partial charge in [-0.15, -0.1) is 10.2 Å². The van der Waals surface area contributed by atoms with Crippen molar-refractivity contribution in [1.82, 2.24) is 15.5 Å². The molecule has 25 heavy (non-hydrogen) atoms. The molecule has 1 atom stereocenters. The van der Waals surface area contributed by atoms with Crippen LogP contribution in [0.4, 0.5) is 0 Å². The predicted octanol–water partition coefficient (Wildman–Crippen LogP) is 4.19. The van der Waals surface area contributed by atoms with Crippen LogP contribution in [0.5, 0.6) is 0 Å². The highest BCUT2D eigenvalue weighted by atomic mass is 32.1. The summed E-state index contributed by atoms with van der Waals surface area (Å²) >= 11 is 1.53. The highest BCUT2D eigenvalue weighted by Crippen LogP contribution is 2.28. The van der Waals surface area contributed by atoms with Crippen LogP contribution in [0.25, 0.3) is 10.6 Å².